The van der Waals surface area contributed by atoms with E-state index in [4.69, 9.17) is 37.7 Å². The highest BCUT2D eigenvalue weighted by Gasteiger charge is 2.35. The van der Waals surface area contributed by atoms with Crippen LogP contribution in [-0.2, 0) is 25.9 Å². The molecule has 2 aliphatic rings. The number of amides is 1. The minimum absolute atomic E-state index is 0.0888. The Balaban J connectivity index is 1.56. The highest BCUT2D eigenvalue weighted by atomic mass is 35.5. The number of carbonyl (C=O) groups excluding carboxylic acids is 2. The average molecular weight is 425 g/mol. The summed E-state index contributed by atoms with van der Waals surface area (Å²) in [7, 11) is 1.51. The van der Waals surface area contributed by atoms with Gasteiger partial charge in [0.15, 0.2) is 6.61 Å². The first kappa shape index (κ1) is 19.2. The van der Waals surface area contributed by atoms with Crippen molar-refractivity contribution >= 4 is 46.0 Å². The lowest BCUT2D eigenvalue weighted by molar-refractivity contribution is -0.271. The van der Waals surface area contributed by atoms with Crippen LogP contribution in [0.5, 0.6) is 5.75 Å². The van der Waals surface area contributed by atoms with Crippen molar-refractivity contribution < 1.29 is 24.1 Å². The number of methoxy groups -OCH3 is 1. The number of benzene rings is 1. The number of carbonyl (C=O) groups is 2. The molecular weight excluding hydrogens is 407 g/mol. The molecular formula is C19H18Cl2N2O5. The molecule has 0 radical (unpaired) electrons. The Labute approximate surface area is 171 Å². The summed E-state index contributed by atoms with van der Waals surface area (Å²) < 4.78 is 5.31. The molecule has 7 nitrogen and oxygen atoms in total. The summed E-state index contributed by atoms with van der Waals surface area (Å²) in [6.07, 6.45) is 3.32. The van der Waals surface area contributed by atoms with Crippen molar-refractivity contribution in [2.24, 2.45) is 5.92 Å². The zero-order valence-corrected chi connectivity index (χ0v) is 16.8. The molecule has 148 valence electrons. The Kier molecular flexibility index (Phi) is 5.07. The van der Waals surface area contributed by atoms with Gasteiger partial charge in [0.1, 0.15) is 10.8 Å². The number of nitrogens with zero attached hydrogens (tertiary/aromatic N) is 2. The molecule has 28 heavy (non-hydrogen) atoms. The summed E-state index contributed by atoms with van der Waals surface area (Å²) >= 11 is 12.6. The summed E-state index contributed by atoms with van der Waals surface area (Å²) in [5, 5.41) is 1.40. The molecule has 1 saturated carbocycles. The van der Waals surface area contributed by atoms with Gasteiger partial charge in [-0.05, 0) is 37.0 Å². The summed E-state index contributed by atoms with van der Waals surface area (Å²) in [6.45, 7) is 1.95. The van der Waals surface area contributed by atoms with E-state index in [1.807, 2.05) is 6.92 Å². The zero-order chi connectivity index (χ0) is 20.0. The lowest BCUT2D eigenvalue weighted by Gasteiger charge is -2.22. The van der Waals surface area contributed by atoms with Crippen LogP contribution in [0.4, 0.5) is 0 Å². The van der Waals surface area contributed by atoms with Crippen LogP contribution in [-0.4, -0.2) is 35.5 Å². The van der Waals surface area contributed by atoms with Crippen LogP contribution in [0.25, 0.3) is 10.9 Å². The fourth-order valence-electron chi connectivity index (χ4n) is 3.47. The first-order chi connectivity index (χ1) is 13.4. The van der Waals surface area contributed by atoms with Gasteiger partial charge in [-0.25, -0.2) is 4.79 Å². The molecule has 1 atom stereocenters. The van der Waals surface area contributed by atoms with Crippen molar-refractivity contribution in [3.63, 3.8) is 0 Å². The Hall–Kier alpha value is -2.09. The van der Waals surface area contributed by atoms with Crippen LogP contribution < -0.4 is 4.74 Å². The molecule has 1 aromatic carbocycles. The second kappa shape index (κ2) is 7.39. The molecule has 1 amide bonds. The van der Waals surface area contributed by atoms with E-state index in [0.717, 1.165) is 29.4 Å². The lowest BCUT2D eigenvalue weighted by Crippen LogP contribution is -2.32. The number of fused-ring (bicyclic) bond motifs is 3. The molecule has 0 unspecified atom stereocenters. The van der Waals surface area contributed by atoms with Gasteiger partial charge in [0.05, 0.1) is 29.6 Å². The van der Waals surface area contributed by atoms with E-state index in [-0.39, 0.29) is 24.5 Å². The maximum atomic E-state index is 12.6. The van der Waals surface area contributed by atoms with E-state index in [1.54, 1.807) is 17.2 Å². The molecule has 0 saturated heterocycles. The predicted octanol–water partition coefficient (Wildman–Crippen LogP) is 3.84. The molecule has 2 heterocycles. The molecule has 1 aliphatic carbocycles. The van der Waals surface area contributed by atoms with Crippen LogP contribution in [0.3, 0.4) is 0 Å². The van der Waals surface area contributed by atoms with Gasteiger partial charge in [-0.3, -0.25) is 14.7 Å². The second-order valence-corrected chi connectivity index (χ2v) is 7.69. The van der Waals surface area contributed by atoms with Crippen molar-refractivity contribution in [3.8, 4) is 5.75 Å². The van der Waals surface area contributed by atoms with Gasteiger partial charge in [-0.2, -0.15) is 4.89 Å². The Morgan fingerprint density at radius 1 is 1.29 bits per heavy atom. The number of halogens is 2. The molecule has 0 spiro atoms. The fourth-order valence-corrected chi connectivity index (χ4v) is 3.93. The number of ether oxygens (including phenoxy) is 1. The monoisotopic (exact) mass is 424 g/mol. The Bertz CT molecular complexity index is 977. The van der Waals surface area contributed by atoms with Crippen LogP contribution in [0.15, 0.2) is 12.3 Å². The van der Waals surface area contributed by atoms with Crippen LogP contribution in [0.2, 0.25) is 10.0 Å². The number of rotatable bonds is 5. The van der Waals surface area contributed by atoms with Crippen molar-refractivity contribution in [3.05, 3.63) is 33.4 Å². The smallest absolute Gasteiger partial charge is 0.345 e. The largest absolute Gasteiger partial charge is 0.495 e. The minimum atomic E-state index is -0.417. The van der Waals surface area contributed by atoms with Gasteiger partial charge in [0.25, 0.3) is 5.91 Å². The second-order valence-electron chi connectivity index (χ2n) is 6.94. The topological polar surface area (TPSA) is 78.0 Å². The maximum Gasteiger partial charge on any atom is 0.345 e. The molecule has 4 rings (SSSR count). The molecule has 1 aromatic heterocycles. The van der Waals surface area contributed by atoms with Crippen molar-refractivity contribution in [1.82, 2.24) is 9.88 Å². The molecule has 1 fully saturated rings. The van der Waals surface area contributed by atoms with Crippen molar-refractivity contribution in [1.29, 1.82) is 0 Å². The molecule has 0 N–H and O–H groups in total. The standard InChI is InChI=1S/C19H18Cl2N2O5/c1-9-15-11(6-22-18-12(15)5-13(26-2)16(20)17(18)21)7-23(9)14(24)8-27-28-19(25)10-3-4-10/h5-6,9-10H,3-4,7-8H2,1-2H3/t9-/m0/s1. The van der Waals surface area contributed by atoms with E-state index >= 15 is 0 Å². The summed E-state index contributed by atoms with van der Waals surface area (Å²) in [5.41, 5.74) is 2.40. The Morgan fingerprint density at radius 2 is 2.04 bits per heavy atom. The minimum Gasteiger partial charge on any atom is -0.495 e. The van der Waals surface area contributed by atoms with Gasteiger partial charge >= 0.3 is 5.97 Å². The van der Waals surface area contributed by atoms with E-state index in [9.17, 15) is 9.59 Å². The number of hydrogen-bond acceptors (Lipinski definition) is 6. The first-order valence-electron chi connectivity index (χ1n) is 8.88. The normalized spacial score (nSPS) is 18.3. The fraction of sp³-hybridized carbons (Fsp3) is 0.421. The van der Waals surface area contributed by atoms with E-state index < -0.39 is 5.97 Å². The van der Waals surface area contributed by atoms with Crippen molar-refractivity contribution in [2.45, 2.75) is 32.4 Å². The van der Waals surface area contributed by atoms with Crippen molar-refractivity contribution in [2.75, 3.05) is 13.7 Å². The number of pyridine rings is 1. The summed E-state index contributed by atoms with van der Waals surface area (Å²) in [4.78, 5) is 39.7. The molecule has 1 aliphatic heterocycles. The van der Waals surface area contributed by atoms with Gasteiger partial charge in [0.2, 0.25) is 0 Å². The SMILES string of the molecule is COc1cc2c3c(cnc2c(Cl)c1Cl)CN(C(=O)COOC(=O)C1CC1)[C@H]3C. The molecule has 2 aromatic rings. The van der Waals surface area contributed by atoms with Crippen LogP contribution in [0, 0.1) is 5.92 Å². The molecule has 9 heteroatoms. The van der Waals surface area contributed by atoms with E-state index in [2.05, 4.69) is 4.98 Å². The predicted molar refractivity (Wildman–Crippen MR) is 102 cm³/mol. The van der Waals surface area contributed by atoms with E-state index in [0.29, 0.717) is 27.9 Å². The van der Waals surface area contributed by atoms with Gasteiger partial charge in [-0.15, -0.1) is 0 Å². The van der Waals surface area contributed by atoms with Crippen LogP contribution >= 0.6 is 23.2 Å². The maximum absolute atomic E-state index is 12.6. The third-order valence-corrected chi connectivity index (χ3v) is 5.97. The highest BCUT2D eigenvalue weighted by molar-refractivity contribution is 6.46. The van der Waals surface area contributed by atoms with Crippen LogP contribution in [0.1, 0.15) is 36.9 Å². The summed E-state index contributed by atoms with van der Waals surface area (Å²) in [6, 6.07) is 1.55. The van der Waals surface area contributed by atoms with E-state index in [1.165, 1.54) is 7.11 Å². The third-order valence-electron chi connectivity index (χ3n) is 5.13. The number of aromatic nitrogens is 1. The Morgan fingerprint density at radius 3 is 2.71 bits per heavy atom. The number of hydrogen-bond donors (Lipinski definition) is 0. The summed E-state index contributed by atoms with van der Waals surface area (Å²) in [5.74, 6) is -0.345. The molecule has 0 bridgehead atoms. The quantitative estimate of drug-likeness (QED) is 0.535. The zero-order valence-electron chi connectivity index (χ0n) is 15.3. The first-order valence-corrected chi connectivity index (χ1v) is 9.64. The van der Waals surface area contributed by atoms with Gasteiger partial charge < -0.3 is 9.64 Å². The highest BCUT2D eigenvalue weighted by Crippen LogP contribution is 2.44. The lowest BCUT2D eigenvalue weighted by atomic mass is 10.0. The van der Waals surface area contributed by atoms with Gasteiger partial charge in [0, 0.05) is 18.1 Å². The van der Waals surface area contributed by atoms with Gasteiger partial charge in [-0.1, -0.05) is 23.2 Å². The third kappa shape index (κ3) is 3.27. The average Bonchev–Trinajstić information content (AvgIpc) is 3.48.